The topological polar surface area (TPSA) is 0 Å². The molecular formula is C9H12S. The van der Waals surface area contributed by atoms with Gasteiger partial charge < -0.3 is 0 Å². The van der Waals surface area contributed by atoms with Gasteiger partial charge in [0.1, 0.15) is 0 Å². The van der Waals surface area contributed by atoms with Crippen LogP contribution in [0.2, 0.25) is 0 Å². The highest BCUT2D eigenvalue weighted by Gasteiger charge is 1.89. The lowest BCUT2D eigenvalue weighted by Crippen LogP contribution is -1.74. The summed E-state index contributed by atoms with van der Waals surface area (Å²) < 4.78 is 0. The van der Waals surface area contributed by atoms with Gasteiger partial charge >= 0.3 is 0 Å². The third-order valence-electron chi connectivity index (χ3n) is 1.13. The lowest BCUT2D eigenvalue weighted by Gasteiger charge is -1.96. The Labute approximate surface area is 67.4 Å². The van der Waals surface area contributed by atoms with Crippen molar-refractivity contribution in [2.24, 2.45) is 0 Å². The molecule has 0 aromatic rings. The lowest BCUT2D eigenvalue weighted by atomic mass is 10.3. The van der Waals surface area contributed by atoms with E-state index in [1.807, 2.05) is 12.3 Å². The molecule has 0 aliphatic rings. The van der Waals surface area contributed by atoms with Gasteiger partial charge in [0.15, 0.2) is 0 Å². The van der Waals surface area contributed by atoms with Crippen LogP contribution in [0.1, 0.15) is 13.3 Å². The Balaban J connectivity index is 4.13. The molecule has 0 bridgehead atoms. The molecule has 54 valence electrons. The van der Waals surface area contributed by atoms with Crippen LogP contribution in [0.3, 0.4) is 0 Å². The fraction of sp³-hybridized carbons (Fsp3) is 0.333. The minimum atomic E-state index is 0.756. The molecule has 0 aliphatic heterocycles. The molecule has 0 spiro atoms. The maximum atomic E-state index is 5.13. The highest BCUT2D eigenvalue weighted by Crippen LogP contribution is 2.16. The zero-order valence-electron chi connectivity index (χ0n) is 6.48. The third kappa shape index (κ3) is 3.42. The molecule has 0 atom stereocenters. The molecule has 0 heterocycles. The predicted molar refractivity (Wildman–Crippen MR) is 49.9 cm³/mol. The molecule has 10 heavy (non-hydrogen) atoms. The van der Waals surface area contributed by atoms with Crippen LogP contribution in [-0.4, -0.2) is 6.26 Å². The lowest BCUT2D eigenvalue weighted by molar-refractivity contribution is 1.20. The van der Waals surface area contributed by atoms with Crippen LogP contribution < -0.4 is 0 Å². The molecule has 0 saturated carbocycles. The number of allylic oxidation sites excluding steroid dienone is 3. The Bertz CT molecular complexity index is 175. The second-order valence-corrected chi connectivity index (χ2v) is 2.77. The second kappa shape index (κ2) is 5.20. The molecule has 0 aliphatic carbocycles. The zero-order chi connectivity index (χ0) is 7.98. The van der Waals surface area contributed by atoms with Crippen molar-refractivity contribution in [2.45, 2.75) is 13.3 Å². The summed E-state index contributed by atoms with van der Waals surface area (Å²) in [5.41, 5.74) is 0.756. The third-order valence-corrected chi connectivity index (χ3v) is 2.06. The van der Waals surface area contributed by atoms with Crippen molar-refractivity contribution < 1.29 is 0 Å². The number of rotatable bonds is 3. The summed E-state index contributed by atoms with van der Waals surface area (Å²) >= 11 is 1.72. The molecular weight excluding hydrogens is 140 g/mol. The smallest absolute Gasteiger partial charge is 0.0178 e. The molecule has 0 amide bonds. The van der Waals surface area contributed by atoms with E-state index >= 15 is 0 Å². The molecule has 0 fully saturated rings. The molecule has 0 rings (SSSR count). The number of hydrogen-bond donors (Lipinski definition) is 0. The Morgan fingerprint density at radius 1 is 1.80 bits per heavy atom. The monoisotopic (exact) mass is 152 g/mol. The van der Waals surface area contributed by atoms with Gasteiger partial charge in [-0.05, 0) is 23.7 Å². The van der Waals surface area contributed by atoms with Gasteiger partial charge in [-0.2, -0.15) is 0 Å². The molecule has 0 N–H and O–H groups in total. The Morgan fingerprint density at radius 3 is 2.70 bits per heavy atom. The average Bonchev–Trinajstić information content (AvgIpc) is 1.99. The van der Waals surface area contributed by atoms with Crippen LogP contribution in [0, 0.1) is 12.3 Å². The minimum Gasteiger partial charge on any atom is -0.134 e. The molecule has 0 radical (unpaired) electrons. The van der Waals surface area contributed by atoms with Gasteiger partial charge in [-0.25, -0.2) is 0 Å². The van der Waals surface area contributed by atoms with E-state index in [1.54, 1.807) is 11.8 Å². The standard InChI is InChI=1S/C9H12S/c1-5-8(3)7-9(6-2)10-4/h1,7H,3,6H2,2,4H3/b9-7-. The van der Waals surface area contributed by atoms with Gasteiger partial charge in [-0.1, -0.05) is 19.4 Å². The van der Waals surface area contributed by atoms with Gasteiger partial charge in [-0.15, -0.1) is 18.2 Å². The van der Waals surface area contributed by atoms with E-state index in [-0.39, 0.29) is 0 Å². The first-order valence-electron chi connectivity index (χ1n) is 3.14. The maximum Gasteiger partial charge on any atom is 0.0178 e. The van der Waals surface area contributed by atoms with Crippen molar-refractivity contribution in [3.8, 4) is 12.3 Å². The Kier molecular flexibility index (Phi) is 4.88. The number of terminal acetylenes is 1. The first kappa shape index (κ1) is 9.39. The predicted octanol–water partition coefficient (Wildman–Crippen LogP) is 2.83. The van der Waals surface area contributed by atoms with Crippen LogP contribution in [0.4, 0.5) is 0 Å². The van der Waals surface area contributed by atoms with Crippen LogP contribution >= 0.6 is 11.8 Å². The van der Waals surface area contributed by atoms with Gasteiger partial charge in [0, 0.05) is 5.57 Å². The fourth-order valence-electron chi connectivity index (χ4n) is 0.541. The molecule has 0 nitrogen and oxygen atoms in total. The van der Waals surface area contributed by atoms with Crippen molar-refractivity contribution in [2.75, 3.05) is 6.26 Å². The summed E-state index contributed by atoms with van der Waals surface area (Å²) in [6.07, 6.45) is 10.1. The Morgan fingerprint density at radius 2 is 2.40 bits per heavy atom. The van der Waals surface area contributed by atoms with Crippen LogP contribution in [0.5, 0.6) is 0 Å². The summed E-state index contributed by atoms with van der Waals surface area (Å²) in [5, 5.41) is 0. The summed E-state index contributed by atoms with van der Waals surface area (Å²) in [6, 6.07) is 0. The highest BCUT2D eigenvalue weighted by atomic mass is 32.2. The second-order valence-electron chi connectivity index (χ2n) is 1.84. The van der Waals surface area contributed by atoms with Crippen molar-refractivity contribution in [1.82, 2.24) is 0 Å². The summed E-state index contributed by atoms with van der Waals surface area (Å²) in [5.74, 6) is 2.48. The first-order chi connectivity index (χ1) is 4.74. The van der Waals surface area contributed by atoms with Crippen molar-refractivity contribution in [3.05, 3.63) is 23.1 Å². The summed E-state index contributed by atoms with van der Waals surface area (Å²) in [6.45, 7) is 5.79. The number of thioether (sulfide) groups is 1. The fourth-order valence-corrected chi connectivity index (χ4v) is 1.09. The molecule has 0 saturated heterocycles. The average molecular weight is 152 g/mol. The van der Waals surface area contributed by atoms with Crippen LogP contribution in [0.15, 0.2) is 23.1 Å². The zero-order valence-corrected chi connectivity index (χ0v) is 7.29. The van der Waals surface area contributed by atoms with E-state index in [2.05, 4.69) is 19.4 Å². The first-order valence-corrected chi connectivity index (χ1v) is 4.37. The quantitative estimate of drug-likeness (QED) is 0.442. The van der Waals surface area contributed by atoms with E-state index in [1.165, 1.54) is 4.91 Å². The van der Waals surface area contributed by atoms with E-state index in [0.29, 0.717) is 0 Å². The summed E-state index contributed by atoms with van der Waals surface area (Å²) in [7, 11) is 0. The number of hydrogen-bond acceptors (Lipinski definition) is 1. The van der Waals surface area contributed by atoms with E-state index in [0.717, 1.165) is 12.0 Å². The molecule has 0 aromatic heterocycles. The molecule has 0 unspecified atom stereocenters. The van der Waals surface area contributed by atoms with Gasteiger partial charge in [0.2, 0.25) is 0 Å². The SMILES string of the molecule is C#CC(=C)/C=C(/CC)SC. The van der Waals surface area contributed by atoms with E-state index in [4.69, 9.17) is 6.42 Å². The van der Waals surface area contributed by atoms with Gasteiger partial charge in [0.25, 0.3) is 0 Å². The highest BCUT2D eigenvalue weighted by molar-refractivity contribution is 8.02. The van der Waals surface area contributed by atoms with Crippen LogP contribution in [-0.2, 0) is 0 Å². The normalized spacial score (nSPS) is 10.7. The van der Waals surface area contributed by atoms with Crippen molar-refractivity contribution in [3.63, 3.8) is 0 Å². The van der Waals surface area contributed by atoms with E-state index < -0.39 is 0 Å². The van der Waals surface area contributed by atoms with Gasteiger partial charge in [-0.3, -0.25) is 0 Å². The maximum absolute atomic E-state index is 5.13. The molecule has 0 aromatic carbocycles. The van der Waals surface area contributed by atoms with Crippen molar-refractivity contribution in [1.29, 1.82) is 0 Å². The Hall–Kier alpha value is -0.610. The van der Waals surface area contributed by atoms with Crippen LogP contribution in [0.25, 0.3) is 0 Å². The van der Waals surface area contributed by atoms with Crippen molar-refractivity contribution >= 4 is 11.8 Å². The molecule has 1 heteroatoms. The van der Waals surface area contributed by atoms with Gasteiger partial charge in [0.05, 0.1) is 0 Å². The van der Waals surface area contributed by atoms with E-state index in [9.17, 15) is 0 Å². The minimum absolute atomic E-state index is 0.756. The largest absolute Gasteiger partial charge is 0.134 e. The summed E-state index contributed by atoms with van der Waals surface area (Å²) in [4.78, 5) is 1.28.